The van der Waals surface area contributed by atoms with Crippen molar-refractivity contribution < 1.29 is 9.18 Å². The second kappa shape index (κ2) is 4.89. The van der Waals surface area contributed by atoms with Crippen LogP contribution in [0.4, 0.5) is 4.39 Å². The van der Waals surface area contributed by atoms with Gasteiger partial charge in [-0.3, -0.25) is 4.79 Å². The highest BCUT2D eigenvalue weighted by Crippen LogP contribution is 2.40. The molecule has 4 heteroatoms. The van der Waals surface area contributed by atoms with Crippen molar-refractivity contribution in [2.45, 2.75) is 0 Å². The van der Waals surface area contributed by atoms with Crippen LogP contribution in [0.2, 0.25) is 0 Å². The van der Waals surface area contributed by atoms with Gasteiger partial charge in [-0.25, -0.2) is 4.39 Å². The first kappa shape index (κ1) is 11.5. The Morgan fingerprint density at radius 1 is 1.31 bits per heavy atom. The Hall–Kier alpha value is -1.00. The Kier molecular flexibility index (Phi) is 3.51. The number of carbonyl (C=O) groups excluding carboxylic acids is 1. The summed E-state index contributed by atoms with van der Waals surface area (Å²) in [6.45, 7) is 0. The molecule has 1 nitrogen and oxygen atoms in total. The maximum absolute atomic E-state index is 12.7. The molecule has 0 unspecified atom stereocenters. The van der Waals surface area contributed by atoms with Gasteiger partial charge in [0, 0.05) is 10.3 Å². The van der Waals surface area contributed by atoms with Gasteiger partial charge in [0.1, 0.15) is 5.82 Å². The van der Waals surface area contributed by atoms with Crippen LogP contribution in [0.25, 0.3) is 6.08 Å². The van der Waals surface area contributed by atoms with E-state index in [1.807, 2.05) is 6.26 Å². The molecule has 0 amide bonds. The number of hydrogen-bond acceptors (Lipinski definition) is 3. The molecule has 1 aliphatic rings. The minimum atomic E-state index is -0.268. The molecule has 0 fully saturated rings. The number of rotatable bonds is 2. The molecular formula is C12H9FOS2. The van der Waals surface area contributed by atoms with Crippen LogP contribution in [0.5, 0.6) is 0 Å². The van der Waals surface area contributed by atoms with Gasteiger partial charge in [0.25, 0.3) is 0 Å². The van der Waals surface area contributed by atoms with E-state index in [-0.39, 0.29) is 11.6 Å². The van der Waals surface area contributed by atoms with E-state index in [4.69, 9.17) is 0 Å². The zero-order valence-corrected chi connectivity index (χ0v) is 10.2. The molecule has 0 spiro atoms. The highest BCUT2D eigenvalue weighted by Gasteiger charge is 2.18. The van der Waals surface area contributed by atoms with Crippen LogP contribution >= 0.6 is 23.5 Å². The van der Waals surface area contributed by atoms with Gasteiger partial charge in [-0.2, -0.15) is 0 Å². The molecule has 0 aromatic heterocycles. The Morgan fingerprint density at radius 2 is 2.00 bits per heavy atom. The molecule has 1 heterocycles. The first-order valence-electron chi connectivity index (χ1n) is 4.64. The predicted molar refractivity (Wildman–Crippen MR) is 68.6 cm³/mol. The standard InChI is InChI=1S/C12H9FOS2/c1-15-12-7-10(14)11(16-12)6-8-2-4-9(13)5-3-8/h2-7H,1H3. The summed E-state index contributed by atoms with van der Waals surface area (Å²) in [5.74, 6) is -0.242. The third-order valence-electron chi connectivity index (χ3n) is 2.07. The largest absolute Gasteiger partial charge is 0.289 e. The summed E-state index contributed by atoms with van der Waals surface area (Å²) in [5.41, 5.74) is 0.841. The van der Waals surface area contributed by atoms with Gasteiger partial charge in [-0.15, -0.1) is 11.8 Å². The fourth-order valence-corrected chi connectivity index (χ4v) is 2.84. The lowest BCUT2D eigenvalue weighted by atomic mass is 10.2. The van der Waals surface area contributed by atoms with Crippen LogP contribution in [0, 0.1) is 5.82 Å². The Labute approximate surface area is 102 Å². The molecule has 0 aliphatic carbocycles. The first-order chi connectivity index (χ1) is 7.69. The van der Waals surface area contributed by atoms with Crippen molar-refractivity contribution in [3.05, 3.63) is 50.9 Å². The highest BCUT2D eigenvalue weighted by atomic mass is 32.2. The predicted octanol–water partition coefficient (Wildman–Crippen LogP) is 3.69. The van der Waals surface area contributed by atoms with Crippen molar-refractivity contribution in [1.82, 2.24) is 0 Å². The fraction of sp³-hybridized carbons (Fsp3) is 0.0833. The summed E-state index contributed by atoms with van der Waals surface area (Å²) < 4.78 is 13.7. The van der Waals surface area contributed by atoms with Gasteiger partial charge in [-0.05, 0) is 30.0 Å². The third kappa shape index (κ3) is 2.57. The van der Waals surface area contributed by atoms with Crippen molar-refractivity contribution in [2.75, 3.05) is 6.26 Å². The van der Waals surface area contributed by atoms with Crippen molar-refractivity contribution in [1.29, 1.82) is 0 Å². The molecule has 0 radical (unpaired) electrons. The van der Waals surface area contributed by atoms with Crippen molar-refractivity contribution >= 4 is 35.4 Å². The molecule has 1 aromatic carbocycles. The van der Waals surface area contributed by atoms with Gasteiger partial charge in [-0.1, -0.05) is 23.9 Å². The second-order valence-corrected chi connectivity index (χ2v) is 5.38. The van der Waals surface area contributed by atoms with E-state index in [9.17, 15) is 9.18 Å². The van der Waals surface area contributed by atoms with Gasteiger partial charge in [0.05, 0.1) is 4.91 Å². The average Bonchev–Trinajstić information content (AvgIpc) is 2.63. The van der Waals surface area contributed by atoms with Gasteiger partial charge >= 0.3 is 0 Å². The maximum Gasteiger partial charge on any atom is 0.194 e. The number of allylic oxidation sites excluding steroid dienone is 2. The summed E-state index contributed by atoms with van der Waals surface area (Å²) in [4.78, 5) is 12.3. The summed E-state index contributed by atoms with van der Waals surface area (Å²) in [7, 11) is 0. The highest BCUT2D eigenvalue weighted by molar-refractivity contribution is 8.24. The van der Waals surface area contributed by atoms with Gasteiger partial charge < -0.3 is 0 Å². The molecule has 0 atom stereocenters. The van der Waals surface area contributed by atoms with E-state index >= 15 is 0 Å². The summed E-state index contributed by atoms with van der Waals surface area (Å²) in [6, 6.07) is 6.10. The lowest BCUT2D eigenvalue weighted by Gasteiger charge is -1.97. The van der Waals surface area contributed by atoms with Gasteiger partial charge in [0.2, 0.25) is 0 Å². The van der Waals surface area contributed by atoms with E-state index in [0.717, 1.165) is 9.80 Å². The molecule has 0 saturated heterocycles. The topological polar surface area (TPSA) is 17.1 Å². The number of halogens is 1. The molecule has 1 aliphatic heterocycles. The summed E-state index contributed by atoms with van der Waals surface area (Å²) in [6.07, 6.45) is 5.35. The molecular weight excluding hydrogens is 243 g/mol. The van der Waals surface area contributed by atoms with Crippen LogP contribution in [0.3, 0.4) is 0 Å². The molecule has 16 heavy (non-hydrogen) atoms. The lowest BCUT2D eigenvalue weighted by Crippen LogP contribution is -1.88. The van der Waals surface area contributed by atoms with Crippen molar-refractivity contribution in [3.63, 3.8) is 0 Å². The SMILES string of the molecule is CSC1=CC(=O)C(=Cc2ccc(F)cc2)S1. The number of thioether (sulfide) groups is 2. The zero-order valence-electron chi connectivity index (χ0n) is 8.57. The third-order valence-corrected chi connectivity index (χ3v) is 4.20. The van der Waals surface area contributed by atoms with Gasteiger partial charge in [0.15, 0.2) is 5.78 Å². The van der Waals surface area contributed by atoms with Crippen molar-refractivity contribution in [2.24, 2.45) is 0 Å². The quantitative estimate of drug-likeness (QED) is 0.747. The maximum atomic E-state index is 12.7. The Morgan fingerprint density at radius 3 is 2.56 bits per heavy atom. The number of benzene rings is 1. The zero-order chi connectivity index (χ0) is 11.5. The molecule has 0 saturated carbocycles. The monoisotopic (exact) mass is 252 g/mol. The average molecular weight is 252 g/mol. The molecule has 1 aromatic rings. The van der Waals surface area contributed by atoms with Crippen LogP contribution in [0.15, 0.2) is 39.5 Å². The first-order valence-corrected chi connectivity index (χ1v) is 6.68. The van der Waals surface area contributed by atoms with Crippen LogP contribution in [-0.2, 0) is 4.79 Å². The van der Waals surface area contributed by atoms with E-state index in [2.05, 4.69) is 0 Å². The van der Waals surface area contributed by atoms with E-state index < -0.39 is 0 Å². The van der Waals surface area contributed by atoms with Crippen LogP contribution < -0.4 is 0 Å². The molecule has 0 bridgehead atoms. The van der Waals surface area contributed by atoms with E-state index in [0.29, 0.717) is 4.91 Å². The Balaban J connectivity index is 2.21. The number of ketones is 1. The second-order valence-electron chi connectivity index (χ2n) is 3.19. The minimum absolute atomic E-state index is 0.0266. The molecule has 0 N–H and O–H groups in total. The van der Waals surface area contributed by atoms with Crippen LogP contribution in [-0.4, -0.2) is 12.0 Å². The molecule has 82 valence electrons. The normalized spacial score (nSPS) is 18.0. The lowest BCUT2D eigenvalue weighted by molar-refractivity contribution is -0.110. The van der Waals surface area contributed by atoms with Crippen molar-refractivity contribution in [3.8, 4) is 0 Å². The Bertz CT molecular complexity index is 474. The number of carbonyl (C=O) groups is 1. The fourth-order valence-electron chi connectivity index (χ4n) is 1.28. The minimum Gasteiger partial charge on any atom is -0.289 e. The van der Waals surface area contributed by atoms with E-state index in [1.54, 1.807) is 36.0 Å². The summed E-state index contributed by atoms with van der Waals surface area (Å²) >= 11 is 3.02. The van der Waals surface area contributed by atoms with E-state index in [1.165, 1.54) is 23.9 Å². The molecule has 2 rings (SSSR count). The number of hydrogen-bond donors (Lipinski definition) is 0. The van der Waals surface area contributed by atoms with Crippen LogP contribution in [0.1, 0.15) is 5.56 Å². The summed E-state index contributed by atoms with van der Waals surface area (Å²) in [5, 5.41) is 0. The smallest absolute Gasteiger partial charge is 0.194 e.